The van der Waals surface area contributed by atoms with Crippen molar-refractivity contribution in [2.45, 2.75) is 20.3 Å². The van der Waals surface area contributed by atoms with E-state index in [1.807, 2.05) is 19.1 Å². The van der Waals surface area contributed by atoms with E-state index >= 15 is 0 Å². The van der Waals surface area contributed by atoms with Gasteiger partial charge in [-0.2, -0.15) is 0 Å². The van der Waals surface area contributed by atoms with Crippen molar-refractivity contribution in [1.82, 2.24) is 5.32 Å². The number of hydrogen-bond donors (Lipinski definition) is 3. The van der Waals surface area contributed by atoms with Crippen LogP contribution in [0.25, 0.3) is 0 Å². The molecule has 0 radical (unpaired) electrons. The van der Waals surface area contributed by atoms with Crippen molar-refractivity contribution in [1.29, 1.82) is 0 Å². The summed E-state index contributed by atoms with van der Waals surface area (Å²) < 4.78 is 0. The Bertz CT molecular complexity index is 415. The summed E-state index contributed by atoms with van der Waals surface area (Å²) in [7, 11) is 0. The van der Waals surface area contributed by atoms with Crippen LogP contribution in [0.1, 0.15) is 28.4 Å². The van der Waals surface area contributed by atoms with E-state index in [1.54, 1.807) is 6.92 Å². The highest BCUT2D eigenvalue weighted by Crippen LogP contribution is 2.16. The molecule has 0 saturated carbocycles. The Morgan fingerprint density at radius 2 is 2.35 bits per heavy atom. The lowest BCUT2D eigenvalue weighted by Gasteiger charge is -2.10. The average molecular weight is 255 g/mol. The highest BCUT2D eigenvalue weighted by atomic mass is 32.1. The maximum Gasteiger partial charge on any atom is 0.261 e. The smallest absolute Gasteiger partial charge is 0.261 e. The highest BCUT2D eigenvalue weighted by molar-refractivity contribution is 7.14. The number of carbonyl (C=O) groups is 1. The fourth-order valence-electron chi connectivity index (χ4n) is 1.23. The van der Waals surface area contributed by atoms with Crippen LogP contribution in [0.15, 0.2) is 17.3 Å². The molecule has 94 valence electrons. The third-order valence-corrected chi connectivity index (χ3v) is 3.65. The molecule has 5 nitrogen and oxygen atoms in total. The number of hydrogen-bond acceptors (Lipinski definition) is 4. The van der Waals surface area contributed by atoms with Crippen molar-refractivity contribution in [2.75, 3.05) is 6.54 Å². The lowest BCUT2D eigenvalue weighted by Crippen LogP contribution is -2.34. The summed E-state index contributed by atoms with van der Waals surface area (Å²) in [6.07, 6.45) is 0.929. The van der Waals surface area contributed by atoms with Crippen molar-refractivity contribution in [3.05, 3.63) is 21.9 Å². The number of aryl methyl sites for hydroxylation is 1. The van der Waals surface area contributed by atoms with Crippen molar-refractivity contribution < 1.29 is 10.0 Å². The van der Waals surface area contributed by atoms with Gasteiger partial charge in [0, 0.05) is 17.3 Å². The first-order valence-corrected chi connectivity index (χ1v) is 6.24. The monoisotopic (exact) mass is 255 g/mol. The molecule has 1 aromatic heterocycles. The maximum atomic E-state index is 11.7. The predicted molar refractivity (Wildman–Crippen MR) is 68.6 cm³/mol. The number of rotatable bonds is 5. The van der Waals surface area contributed by atoms with Crippen LogP contribution in [-0.2, 0) is 6.42 Å². The van der Waals surface area contributed by atoms with Gasteiger partial charge in [0.05, 0.1) is 4.88 Å². The Morgan fingerprint density at radius 3 is 2.88 bits per heavy atom. The Labute approximate surface area is 104 Å². The highest BCUT2D eigenvalue weighted by Gasteiger charge is 2.12. The first-order chi connectivity index (χ1) is 8.08. The number of carbonyl (C=O) groups excluding carboxylic acids is 1. The molecular formula is C11H17N3O2S. The number of nitrogens with zero attached hydrogens (tertiary/aromatic N) is 1. The maximum absolute atomic E-state index is 11.7. The number of nitrogens with one attached hydrogen (secondary N) is 1. The number of thiophene rings is 1. The Balaban J connectivity index is 2.50. The third kappa shape index (κ3) is 3.74. The largest absolute Gasteiger partial charge is 0.409 e. The van der Waals surface area contributed by atoms with E-state index in [1.165, 1.54) is 16.2 Å². The molecule has 1 amide bonds. The van der Waals surface area contributed by atoms with Gasteiger partial charge in [0.1, 0.15) is 5.84 Å². The molecular weight excluding hydrogens is 238 g/mol. The summed E-state index contributed by atoms with van der Waals surface area (Å²) in [4.78, 5) is 13.6. The summed E-state index contributed by atoms with van der Waals surface area (Å²) in [6, 6.07) is 3.76. The van der Waals surface area contributed by atoms with Crippen LogP contribution in [0.3, 0.4) is 0 Å². The predicted octanol–water partition coefficient (Wildman–Crippen LogP) is 1.42. The second-order valence-corrected chi connectivity index (χ2v) is 4.92. The molecule has 0 aromatic carbocycles. The van der Waals surface area contributed by atoms with E-state index in [0.717, 1.165) is 6.42 Å². The molecule has 6 heteroatoms. The lowest BCUT2D eigenvalue weighted by atomic mass is 10.1. The molecule has 4 N–H and O–H groups in total. The van der Waals surface area contributed by atoms with E-state index < -0.39 is 0 Å². The van der Waals surface area contributed by atoms with Crippen molar-refractivity contribution in [3.63, 3.8) is 0 Å². The zero-order valence-corrected chi connectivity index (χ0v) is 10.8. The zero-order valence-electron chi connectivity index (χ0n) is 9.93. The van der Waals surface area contributed by atoms with Gasteiger partial charge in [-0.25, -0.2) is 0 Å². The SMILES string of the molecule is CCc1ccc(C(=O)NCC(C)C(N)=NO)s1. The van der Waals surface area contributed by atoms with E-state index in [2.05, 4.69) is 10.5 Å². The van der Waals surface area contributed by atoms with Gasteiger partial charge >= 0.3 is 0 Å². The van der Waals surface area contributed by atoms with Gasteiger partial charge in [-0.15, -0.1) is 11.3 Å². The van der Waals surface area contributed by atoms with Gasteiger partial charge in [0.2, 0.25) is 0 Å². The number of amidine groups is 1. The first-order valence-electron chi connectivity index (χ1n) is 5.42. The Morgan fingerprint density at radius 1 is 1.65 bits per heavy atom. The number of oxime groups is 1. The van der Waals surface area contributed by atoms with E-state index in [-0.39, 0.29) is 17.7 Å². The average Bonchev–Trinajstić information content (AvgIpc) is 2.83. The van der Waals surface area contributed by atoms with Gasteiger partial charge in [0.25, 0.3) is 5.91 Å². The molecule has 1 atom stereocenters. The molecule has 17 heavy (non-hydrogen) atoms. The summed E-state index contributed by atoms with van der Waals surface area (Å²) in [5, 5.41) is 14.1. The summed E-state index contributed by atoms with van der Waals surface area (Å²) in [6.45, 7) is 4.18. The van der Waals surface area contributed by atoms with Gasteiger partial charge in [-0.1, -0.05) is 19.0 Å². The Hall–Kier alpha value is -1.56. The molecule has 0 aliphatic rings. The quantitative estimate of drug-likeness (QED) is 0.322. The zero-order chi connectivity index (χ0) is 12.8. The second kappa shape index (κ2) is 6.24. The fourth-order valence-corrected chi connectivity index (χ4v) is 2.09. The van der Waals surface area contributed by atoms with E-state index in [9.17, 15) is 4.79 Å². The molecule has 0 saturated heterocycles. The van der Waals surface area contributed by atoms with Crippen molar-refractivity contribution >= 4 is 23.1 Å². The normalized spacial score (nSPS) is 13.4. The molecule has 0 fully saturated rings. The van der Waals surface area contributed by atoms with Crippen LogP contribution in [0.4, 0.5) is 0 Å². The molecule has 0 aliphatic heterocycles. The minimum Gasteiger partial charge on any atom is -0.409 e. The molecule has 1 rings (SSSR count). The number of amides is 1. The minimum absolute atomic E-state index is 0.116. The Kier molecular flexibility index (Phi) is 4.96. The van der Waals surface area contributed by atoms with Crippen LogP contribution in [0.2, 0.25) is 0 Å². The number of nitrogens with two attached hydrogens (primary N) is 1. The van der Waals surface area contributed by atoms with Gasteiger partial charge < -0.3 is 16.3 Å². The lowest BCUT2D eigenvalue weighted by molar-refractivity contribution is 0.0955. The fraction of sp³-hybridized carbons (Fsp3) is 0.455. The molecule has 1 heterocycles. The topological polar surface area (TPSA) is 87.7 Å². The van der Waals surface area contributed by atoms with Crippen molar-refractivity contribution in [3.8, 4) is 0 Å². The summed E-state index contributed by atoms with van der Waals surface area (Å²) in [5.74, 6) is -0.187. The second-order valence-electron chi connectivity index (χ2n) is 3.76. The molecule has 1 unspecified atom stereocenters. The van der Waals surface area contributed by atoms with Gasteiger partial charge in [-0.3, -0.25) is 4.79 Å². The van der Waals surface area contributed by atoms with Crippen LogP contribution in [0, 0.1) is 5.92 Å². The molecule has 0 spiro atoms. The first kappa shape index (κ1) is 13.5. The summed E-state index contributed by atoms with van der Waals surface area (Å²) >= 11 is 1.48. The third-order valence-electron chi connectivity index (χ3n) is 2.42. The van der Waals surface area contributed by atoms with Crippen LogP contribution < -0.4 is 11.1 Å². The van der Waals surface area contributed by atoms with Crippen LogP contribution in [-0.4, -0.2) is 23.5 Å². The molecule has 1 aromatic rings. The standard InChI is InChI=1S/C11H17N3O2S/c1-3-8-4-5-9(17-8)11(15)13-6-7(2)10(12)14-16/h4-5,7,16H,3,6H2,1-2H3,(H2,12,14)(H,13,15). The minimum atomic E-state index is -0.186. The van der Waals surface area contributed by atoms with Gasteiger partial charge in [-0.05, 0) is 18.6 Å². The van der Waals surface area contributed by atoms with E-state index in [0.29, 0.717) is 11.4 Å². The van der Waals surface area contributed by atoms with Gasteiger partial charge in [0.15, 0.2) is 0 Å². The molecule has 0 bridgehead atoms. The van der Waals surface area contributed by atoms with Crippen LogP contribution in [0.5, 0.6) is 0 Å². The summed E-state index contributed by atoms with van der Waals surface area (Å²) in [5.41, 5.74) is 5.42. The van der Waals surface area contributed by atoms with Crippen LogP contribution >= 0.6 is 11.3 Å². The van der Waals surface area contributed by atoms with E-state index in [4.69, 9.17) is 10.9 Å². The molecule has 0 aliphatic carbocycles. The van der Waals surface area contributed by atoms with Crippen molar-refractivity contribution in [2.24, 2.45) is 16.8 Å².